The van der Waals surface area contributed by atoms with E-state index < -0.39 is 54.0 Å². The maximum Gasteiger partial charge on any atom is 0.326 e. The first kappa shape index (κ1) is 32.6. The summed E-state index contributed by atoms with van der Waals surface area (Å²) >= 11 is 0. The van der Waals surface area contributed by atoms with Gasteiger partial charge in [0.05, 0.1) is 12.4 Å². The van der Waals surface area contributed by atoms with Crippen molar-refractivity contribution in [2.75, 3.05) is 6.54 Å². The van der Waals surface area contributed by atoms with Crippen LogP contribution in [0.1, 0.15) is 31.0 Å². The number of amides is 3. The Bertz CT molecular complexity index is 1420. The van der Waals surface area contributed by atoms with Crippen molar-refractivity contribution in [3.63, 3.8) is 0 Å². The molecule has 0 radical (unpaired) electrons. The first-order valence-electron chi connectivity index (χ1n) is 13.6. The lowest BCUT2D eigenvalue weighted by Crippen LogP contribution is -2.58. The second-order valence-corrected chi connectivity index (χ2v) is 10.1. The summed E-state index contributed by atoms with van der Waals surface area (Å²) in [6.45, 7) is 1.50. The highest BCUT2D eigenvalue weighted by Gasteiger charge is 2.31. The van der Waals surface area contributed by atoms with Crippen LogP contribution < -0.4 is 33.2 Å². The summed E-state index contributed by atoms with van der Waals surface area (Å²) in [6, 6.07) is 2.34. The molecule has 3 amide bonds. The summed E-state index contributed by atoms with van der Waals surface area (Å²) in [5.41, 5.74) is 18.6. The normalized spacial score (nSPS) is 14.6. The third kappa shape index (κ3) is 9.54. The van der Waals surface area contributed by atoms with E-state index in [0.717, 1.165) is 10.9 Å². The number of nitrogens with two attached hydrogens (primary N) is 3. The second-order valence-electron chi connectivity index (χ2n) is 10.1. The molecule has 0 saturated carbocycles. The summed E-state index contributed by atoms with van der Waals surface area (Å²) < 4.78 is 0. The van der Waals surface area contributed by atoms with Crippen LogP contribution in [0.5, 0.6) is 0 Å². The van der Waals surface area contributed by atoms with Gasteiger partial charge in [-0.05, 0) is 31.4 Å². The van der Waals surface area contributed by atoms with Gasteiger partial charge in [0.25, 0.3) is 0 Å². The molecular weight excluding hydrogens is 560 g/mol. The fraction of sp³-hybridized carbons (Fsp3) is 0.407. The Morgan fingerprint density at radius 1 is 0.977 bits per heavy atom. The number of aliphatic hydroxyl groups is 1. The summed E-state index contributed by atoms with van der Waals surface area (Å²) in [7, 11) is 0. The molecule has 232 valence electrons. The second kappa shape index (κ2) is 15.3. The van der Waals surface area contributed by atoms with Crippen molar-refractivity contribution >= 4 is 40.6 Å². The molecule has 3 aromatic rings. The predicted molar refractivity (Wildman–Crippen MR) is 157 cm³/mol. The van der Waals surface area contributed by atoms with Crippen molar-refractivity contribution in [2.45, 2.75) is 62.9 Å². The van der Waals surface area contributed by atoms with E-state index in [-0.39, 0.29) is 38.2 Å². The van der Waals surface area contributed by atoms with E-state index in [1.165, 1.54) is 19.4 Å². The number of nitrogens with zero attached hydrogens (tertiary/aromatic N) is 2. The molecule has 13 N–H and O–H groups in total. The van der Waals surface area contributed by atoms with Crippen molar-refractivity contribution in [3.8, 4) is 0 Å². The molecule has 2 aromatic heterocycles. The third-order valence-electron chi connectivity index (χ3n) is 6.73. The van der Waals surface area contributed by atoms with Gasteiger partial charge in [0.2, 0.25) is 17.7 Å². The Morgan fingerprint density at radius 3 is 2.30 bits per heavy atom. The van der Waals surface area contributed by atoms with Gasteiger partial charge >= 0.3 is 5.97 Å². The Hall–Kier alpha value is -4.96. The average Bonchev–Trinajstić information content (AvgIpc) is 3.63. The number of carboxylic acids is 1. The molecule has 16 heteroatoms. The smallest absolute Gasteiger partial charge is 0.326 e. The van der Waals surface area contributed by atoms with Gasteiger partial charge in [0, 0.05) is 48.4 Å². The van der Waals surface area contributed by atoms with Gasteiger partial charge in [0.15, 0.2) is 5.96 Å². The molecule has 0 saturated heterocycles. The van der Waals surface area contributed by atoms with E-state index in [1.807, 2.05) is 24.3 Å². The van der Waals surface area contributed by atoms with Crippen molar-refractivity contribution in [1.29, 1.82) is 0 Å². The Balaban J connectivity index is 1.84. The number of imidazole rings is 1. The largest absolute Gasteiger partial charge is 0.480 e. The Morgan fingerprint density at radius 2 is 1.65 bits per heavy atom. The minimum Gasteiger partial charge on any atom is -0.480 e. The van der Waals surface area contributed by atoms with E-state index in [4.69, 9.17) is 17.2 Å². The Labute approximate surface area is 246 Å². The number of guanidine groups is 1. The number of H-pyrrole nitrogens is 2. The number of para-hydroxylation sites is 1. The molecule has 0 aliphatic heterocycles. The lowest BCUT2D eigenvalue weighted by molar-refractivity contribution is -0.142. The molecule has 3 rings (SSSR count). The van der Waals surface area contributed by atoms with E-state index in [2.05, 4.69) is 35.9 Å². The maximum absolute atomic E-state index is 13.6. The van der Waals surface area contributed by atoms with Gasteiger partial charge in [-0.2, -0.15) is 0 Å². The van der Waals surface area contributed by atoms with Gasteiger partial charge in [0.1, 0.15) is 24.2 Å². The number of carbonyl (C=O) groups is 4. The lowest BCUT2D eigenvalue weighted by atomic mass is 10.0. The molecule has 1 aromatic carbocycles. The highest BCUT2D eigenvalue weighted by atomic mass is 16.4. The number of aromatic nitrogens is 3. The number of aliphatic carboxylic acids is 1. The van der Waals surface area contributed by atoms with Crippen LogP contribution in [0.2, 0.25) is 0 Å². The van der Waals surface area contributed by atoms with E-state index in [9.17, 15) is 29.4 Å². The highest BCUT2D eigenvalue weighted by molar-refractivity contribution is 5.95. The van der Waals surface area contributed by atoms with E-state index in [0.29, 0.717) is 11.3 Å². The predicted octanol–water partition coefficient (Wildman–Crippen LogP) is -2.02. The zero-order valence-electron chi connectivity index (χ0n) is 23.6. The van der Waals surface area contributed by atoms with Crippen LogP contribution in [0.3, 0.4) is 0 Å². The molecule has 0 aliphatic carbocycles. The number of carboxylic acid groups (broad SMARTS) is 1. The van der Waals surface area contributed by atoms with Gasteiger partial charge in [-0.1, -0.05) is 18.2 Å². The summed E-state index contributed by atoms with van der Waals surface area (Å²) in [6.07, 6.45) is 3.60. The van der Waals surface area contributed by atoms with Crippen LogP contribution >= 0.6 is 0 Å². The topological polar surface area (TPSA) is 280 Å². The van der Waals surface area contributed by atoms with Crippen molar-refractivity contribution in [3.05, 3.63) is 54.2 Å². The first-order valence-corrected chi connectivity index (χ1v) is 13.6. The van der Waals surface area contributed by atoms with Crippen LogP contribution in [0.4, 0.5) is 0 Å². The minimum atomic E-state index is -1.32. The zero-order valence-corrected chi connectivity index (χ0v) is 23.6. The van der Waals surface area contributed by atoms with E-state index in [1.54, 1.807) is 6.20 Å². The van der Waals surface area contributed by atoms with Crippen molar-refractivity contribution < 1.29 is 29.4 Å². The number of benzene rings is 1. The quantitative estimate of drug-likeness (QED) is 0.0490. The average molecular weight is 599 g/mol. The number of aliphatic hydroxyl groups excluding tert-OH is 1. The fourth-order valence-electron chi connectivity index (χ4n) is 4.35. The number of rotatable bonds is 16. The van der Waals surface area contributed by atoms with Crippen molar-refractivity contribution in [1.82, 2.24) is 30.9 Å². The monoisotopic (exact) mass is 598 g/mol. The number of hydrogen-bond acceptors (Lipinski definition) is 8. The zero-order chi connectivity index (χ0) is 31.5. The van der Waals surface area contributed by atoms with Gasteiger partial charge < -0.3 is 53.3 Å². The van der Waals surface area contributed by atoms with Crippen molar-refractivity contribution in [2.24, 2.45) is 22.2 Å². The van der Waals surface area contributed by atoms with E-state index >= 15 is 0 Å². The molecule has 0 fully saturated rings. The molecule has 43 heavy (non-hydrogen) atoms. The Kier molecular flexibility index (Phi) is 11.6. The van der Waals surface area contributed by atoms with Gasteiger partial charge in [-0.3, -0.25) is 19.4 Å². The highest BCUT2D eigenvalue weighted by Crippen LogP contribution is 2.19. The number of hydrogen-bond donors (Lipinski definition) is 10. The van der Waals surface area contributed by atoms with Gasteiger partial charge in [-0.25, -0.2) is 9.78 Å². The molecule has 16 nitrogen and oxygen atoms in total. The molecule has 5 atom stereocenters. The molecule has 5 unspecified atom stereocenters. The SMILES string of the molecule is CC(O)C(N)C(=O)NC(Cc1c[nH]c2ccccc12)C(=O)NC(CCCN=C(N)N)C(=O)NC(Cc1cnc[nH]1)C(=O)O. The van der Waals surface area contributed by atoms with Crippen LogP contribution in [-0.2, 0) is 32.0 Å². The fourth-order valence-corrected chi connectivity index (χ4v) is 4.35. The molecule has 0 spiro atoms. The summed E-state index contributed by atoms with van der Waals surface area (Å²) in [5, 5.41) is 28.0. The van der Waals surface area contributed by atoms with Crippen LogP contribution in [0.15, 0.2) is 48.0 Å². The van der Waals surface area contributed by atoms with Crippen LogP contribution in [-0.4, -0.2) is 91.6 Å². The number of fused-ring (bicyclic) bond motifs is 1. The van der Waals surface area contributed by atoms with Crippen LogP contribution in [0, 0.1) is 0 Å². The maximum atomic E-state index is 13.6. The standard InChI is InChI=1S/C27H38N10O6/c1-14(38)22(28)25(41)36-20(9-15-11-33-18-6-3-2-5-17(15)18)24(40)35-19(7-4-8-32-27(29)30)23(39)37-21(26(42)43)10-16-12-31-13-34-16/h2-3,5-6,11-14,19-22,33,38H,4,7-10,28H2,1H3,(H,31,34)(H,35,40)(H,36,41)(H,37,39)(H,42,43)(H4,29,30,32). The first-order chi connectivity index (χ1) is 20.5. The molecular formula is C27H38N10O6. The van der Waals surface area contributed by atoms with Crippen LogP contribution in [0.25, 0.3) is 10.9 Å². The summed E-state index contributed by atoms with van der Waals surface area (Å²) in [5.74, 6) is -3.69. The number of aromatic amines is 2. The minimum absolute atomic E-state index is 0.0219. The number of carbonyl (C=O) groups excluding carboxylic acids is 3. The molecule has 2 heterocycles. The molecule has 0 aliphatic rings. The lowest BCUT2D eigenvalue weighted by Gasteiger charge is -2.25. The number of nitrogens with one attached hydrogen (secondary N) is 5. The summed E-state index contributed by atoms with van der Waals surface area (Å²) in [4.78, 5) is 65.3. The third-order valence-corrected chi connectivity index (χ3v) is 6.73. The number of aliphatic imine (C=N–C) groups is 1. The van der Waals surface area contributed by atoms with Gasteiger partial charge in [-0.15, -0.1) is 0 Å². The molecule has 0 bridgehead atoms.